The van der Waals surface area contributed by atoms with Crippen molar-refractivity contribution in [1.82, 2.24) is 9.55 Å². The van der Waals surface area contributed by atoms with Crippen LogP contribution in [0.3, 0.4) is 0 Å². The van der Waals surface area contributed by atoms with Crippen molar-refractivity contribution in [3.63, 3.8) is 0 Å². The van der Waals surface area contributed by atoms with Crippen LogP contribution in [0, 0.1) is 5.92 Å². The summed E-state index contributed by atoms with van der Waals surface area (Å²) in [7, 11) is 0. The molecule has 2 heterocycles. The molecule has 0 saturated heterocycles. The van der Waals surface area contributed by atoms with E-state index in [1.54, 1.807) is 0 Å². The number of hydrogen-bond donors (Lipinski definition) is 1. The van der Waals surface area contributed by atoms with Crippen molar-refractivity contribution < 1.29 is 0 Å². The predicted molar refractivity (Wildman–Crippen MR) is 64.3 cm³/mol. The summed E-state index contributed by atoms with van der Waals surface area (Å²) in [5.74, 6) is 2.16. The average molecular weight is 219 g/mol. The van der Waals surface area contributed by atoms with Gasteiger partial charge in [0.25, 0.3) is 0 Å². The van der Waals surface area contributed by atoms with E-state index in [-0.39, 0.29) is 0 Å². The van der Waals surface area contributed by atoms with Crippen LogP contribution in [0.2, 0.25) is 0 Å². The zero-order valence-corrected chi connectivity index (χ0v) is 10.1. The van der Waals surface area contributed by atoms with Gasteiger partial charge in [-0.05, 0) is 31.6 Å². The van der Waals surface area contributed by atoms with Crippen LogP contribution in [-0.2, 0) is 25.8 Å². The Morgan fingerprint density at radius 1 is 1.38 bits per heavy atom. The first-order chi connectivity index (χ1) is 7.78. The summed E-state index contributed by atoms with van der Waals surface area (Å²) in [5.41, 5.74) is 8.93. The number of imidazole rings is 1. The van der Waals surface area contributed by atoms with Gasteiger partial charge in [0.2, 0.25) is 0 Å². The van der Waals surface area contributed by atoms with E-state index in [1.807, 2.05) is 0 Å². The standard InChI is InChI=1S/C13H21N3/c1-2-9-3-5-11-12(7-9)16-8-10(14)4-6-13(16)15-11/h9-10H,2-8,14H2,1H3. The maximum atomic E-state index is 6.06. The van der Waals surface area contributed by atoms with E-state index in [1.165, 1.54) is 42.9 Å². The van der Waals surface area contributed by atoms with Crippen LogP contribution in [0.15, 0.2) is 0 Å². The Balaban J connectivity index is 1.95. The van der Waals surface area contributed by atoms with E-state index in [4.69, 9.17) is 10.7 Å². The van der Waals surface area contributed by atoms with Gasteiger partial charge in [-0.2, -0.15) is 0 Å². The second-order valence-corrected chi connectivity index (χ2v) is 5.35. The van der Waals surface area contributed by atoms with Gasteiger partial charge in [-0.25, -0.2) is 4.98 Å². The molecule has 1 aliphatic carbocycles. The molecule has 16 heavy (non-hydrogen) atoms. The highest BCUT2D eigenvalue weighted by atomic mass is 15.1. The molecule has 0 fully saturated rings. The van der Waals surface area contributed by atoms with Gasteiger partial charge in [0.1, 0.15) is 5.82 Å². The van der Waals surface area contributed by atoms with Gasteiger partial charge in [-0.3, -0.25) is 0 Å². The van der Waals surface area contributed by atoms with Crippen molar-refractivity contribution >= 4 is 0 Å². The lowest BCUT2D eigenvalue weighted by molar-refractivity contribution is 0.402. The second kappa shape index (κ2) is 3.88. The second-order valence-electron chi connectivity index (χ2n) is 5.35. The van der Waals surface area contributed by atoms with Crippen molar-refractivity contribution in [2.24, 2.45) is 11.7 Å². The molecule has 1 aromatic heterocycles. The topological polar surface area (TPSA) is 43.8 Å². The van der Waals surface area contributed by atoms with Crippen molar-refractivity contribution in [2.45, 2.75) is 58.0 Å². The maximum Gasteiger partial charge on any atom is 0.109 e. The van der Waals surface area contributed by atoms with E-state index in [0.717, 1.165) is 25.3 Å². The normalized spacial score (nSPS) is 28.6. The maximum absolute atomic E-state index is 6.06. The minimum Gasteiger partial charge on any atom is -0.330 e. The van der Waals surface area contributed by atoms with E-state index in [0.29, 0.717) is 6.04 Å². The van der Waals surface area contributed by atoms with Crippen LogP contribution in [-0.4, -0.2) is 15.6 Å². The Labute approximate surface area is 97.0 Å². The molecule has 0 spiro atoms. The minimum atomic E-state index is 0.341. The molecule has 88 valence electrons. The van der Waals surface area contributed by atoms with Gasteiger partial charge in [-0.1, -0.05) is 13.3 Å². The summed E-state index contributed by atoms with van der Waals surface area (Å²) >= 11 is 0. The Hall–Kier alpha value is -0.830. The van der Waals surface area contributed by atoms with Gasteiger partial charge in [0.15, 0.2) is 0 Å². The number of aryl methyl sites for hydroxylation is 2. The first kappa shape index (κ1) is 10.3. The SMILES string of the molecule is CCC1CCc2nc3n(c2C1)CC(N)CC3. The zero-order valence-electron chi connectivity index (χ0n) is 10.1. The van der Waals surface area contributed by atoms with Crippen LogP contribution in [0.5, 0.6) is 0 Å². The number of fused-ring (bicyclic) bond motifs is 3. The highest BCUT2D eigenvalue weighted by Crippen LogP contribution is 2.30. The summed E-state index contributed by atoms with van der Waals surface area (Å²) in [6, 6.07) is 0.341. The van der Waals surface area contributed by atoms with Crippen molar-refractivity contribution in [2.75, 3.05) is 0 Å². The predicted octanol–water partition coefficient (Wildman–Crippen LogP) is 1.67. The quantitative estimate of drug-likeness (QED) is 0.781. The van der Waals surface area contributed by atoms with Gasteiger partial charge >= 0.3 is 0 Å². The molecule has 0 amide bonds. The number of hydrogen-bond acceptors (Lipinski definition) is 2. The first-order valence-electron chi connectivity index (χ1n) is 6.60. The van der Waals surface area contributed by atoms with Crippen molar-refractivity contribution in [1.29, 1.82) is 0 Å². The van der Waals surface area contributed by atoms with Crippen LogP contribution in [0.1, 0.15) is 43.4 Å². The highest BCUT2D eigenvalue weighted by Gasteiger charge is 2.27. The molecule has 3 heteroatoms. The smallest absolute Gasteiger partial charge is 0.109 e. The molecular weight excluding hydrogens is 198 g/mol. The molecule has 1 aliphatic heterocycles. The van der Waals surface area contributed by atoms with Crippen LogP contribution in [0.25, 0.3) is 0 Å². The molecule has 1 aromatic rings. The van der Waals surface area contributed by atoms with Gasteiger partial charge < -0.3 is 10.3 Å². The molecule has 2 aliphatic rings. The fraction of sp³-hybridized carbons (Fsp3) is 0.769. The zero-order chi connectivity index (χ0) is 11.1. The van der Waals surface area contributed by atoms with Crippen LogP contribution in [0.4, 0.5) is 0 Å². The molecule has 3 nitrogen and oxygen atoms in total. The van der Waals surface area contributed by atoms with Crippen molar-refractivity contribution in [3.05, 3.63) is 17.2 Å². The van der Waals surface area contributed by atoms with E-state index in [2.05, 4.69) is 11.5 Å². The Morgan fingerprint density at radius 2 is 2.25 bits per heavy atom. The van der Waals surface area contributed by atoms with Crippen LogP contribution < -0.4 is 5.73 Å². The Morgan fingerprint density at radius 3 is 3.06 bits per heavy atom. The van der Waals surface area contributed by atoms with Crippen LogP contribution >= 0.6 is 0 Å². The lowest BCUT2D eigenvalue weighted by atomic mass is 9.88. The van der Waals surface area contributed by atoms with E-state index >= 15 is 0 Å². The van der Waals surface area contributed by atoms with E-state index in [9.17, 15) is 0 Å². The molecule has 0 bridgehead atoms. The summed E-state index contributed by atoms with van der Waals surface area (Å²) < 4.78 is 2.42. The third-order valence-electron chi connectivity index (χ3n) is 4.24. The lowest BCUT2D eigenvalue weighted by Crippen LogP contribution is -2.33. The highest BCUT2D eigenvalue weighted by molar-refractivity contribution is 5.22. The third-order valence-corrected chi connectivity index (χ3v) is 4.24. The lowest BCUT2D eigenvalue weighted by Gasteiger charge is -2.25. The largest absolute Gasteiger partial charge is 0.330 e. The van der Waals surface area contributed by atoms with Crippen molar-refractivity contribution in [3.8, 4) is 0 Å². The summed E-state index contributed by atoms with van der Waals surface area (Å²) in [6.07, 6.45) is 7.21. The number of nitrogens with two attached hydrogens (primary N) is 1. The fourth-order valence-electron chi connectivity index (χ4n) is 3.13. The first-order valence-corrected chi connectivity index (χ1v) is 6.60. The summed E-state index contributed by atoms with van der Waals surface area (Å²) in [4.78, 5) is 4.80. The molecule has 2 N–H and O–H groups in total. The number of nitrogens with zero attached hydrogens (tertiary/aromatic N) is 2. The third kappa shape index (κ3) is 1.58. The molecular formula is C13H21N3. The van der Waals surface area contributed by atoms with E-state index < -0.39 is 0 Å². The monoisotopic (exact) mass is 219 g/mol. The number of aromatic nitrogens is 2. The molecule has 3 rings (SSSR count). The van der Waals surface area contributed by atoms with Gasteiger partial charge in [0.05, 0.1) is 5.69 Å². The summed E-state index contributed by atoms with van der Waals surface area (Å²) in [6.45, 7) is 3.29. The molecule has 2 atom stereocenters. The molecule has 0 aromatic carbocycles. The fourth-order valence-corrected chi connectivity index (χ4v) is 3.13. The Kier molecular flexibility index (Phi) is 2.51. The number of rotatable bonds is 1. The minimum absolute atomic E-state index is 0.341. The average Bonchev–Trinajstić information content (AvgIpc) is 2.66. The Bertz CT molecular complexity index is 394. The van der Waals surface area contributed by atoms with Gasteiger partial charge in [0, 0.05) is 24.7 Å². The summed E-state index contributed by atoms with van der Waals surface area (Å²) in [5, 5.41) is 0. The van der Waals surface area contributed by atoms with Gasteiger partial charge in [-0.15, -0.1) is 0 Å². The molecule has 0 saturated carbocycles. The molecule has 2 unspecified atom stereocenters. The molecule has 0 radical (unpaired) electrons.